The van der Waals surface area contributed by atoms with E-state index in [1.165, 1.54) is 82.0 Å². The van der Waals surface area contributed by atoms with Crippen LogP contribution in [-0.4, -0.2) is 35.2 Å². The lowest BCUT2D eigenvalue weighted by Gasteiger charge is -2.39. The van der Waals surface area contributed by atoms with Crippen molar-refractivity contribution in [3.8, 4) is 0 Å². The van der Waals surface area contributed by atoms with E-state index in [2.05, 4.69) is 27.7 Å². The first-order valence-electron chi connectivity index (χ1n) is 8.61. The van der Waals surface area contributed by atoms with E-state index in [0.29, 0.717) is 0 Å². The zero-order valence-electron chi connectivity index (χ0n) is 14.6. The summed E-state index contributed by atoms with van der Waals surface area (Å²) >= 11 is 0. The molecule has 0 fully saturated rings. The summed E-state index contributed by atoms with van der Waals surface area (Å²) in [5, 5.41) is 0. The molecule has 0 aromatic carbocycles. The molecule has 5 heteroatoms. The Hall–Kier alpha value is -0.130. The van der Waals surface area contributed by atoms with Gasteiger partial charge < -0.3 is 17.5 Å². The van der Waals surface area contributed by atoms with E-state index < -0.39 is 11.0 Å². The fourth-order valence-corrected chi connectivity index (χ4v) is 2.64. The predicted octanol–water partition coefficient (Wildman–Crippen LogP) is 4.77. The van der Waals surface area contributed by atoms with Crippen molar-refractivity contribution in [2.45, 2.75) is 79.1 Å². The molecule has 0 heterocycles. The van der Waals surface area contributed by atoms with Crippen molar-refractivity contribution in [2.24, 2.45) is 0 Å². The molecule has 0 aliphatic heterocycles. The molecule has 0 amide bonds. The Kier molecular flexibility index (Phi) is 17.9. The standard InChI is InChI=1S/C16H36N.HO3S/c1-5-9-13-17(14-10-6-2,15-11-7-3)16-12-8-4;1-4(2)3/h5-16H2,1-4H3;(H,1,2,3)/q+1;-1. The summed E-state index contributed by atoms with van der Waals surface area (Å²) in [5.41, 5.74) is 0. The Labute approximate surface area is 134 Å². The fraction of sp³-hybridized carbons (Fsp3) is 1.00. The van der Waals surface area contributed by atoms with Crippen LogP contribution in [-0.2, 0) is 19.4 Å². The minimum atomic E-state index is -2.86. The second kappa shape index (κ2) is 16.2. The molecular weight excluding hydrogens is 286 g/mol. The third kappa shape index (κ3) is 16.1. The van der Waals surface area contributed by atoms with E-state index in [4.69, 9.17) is 13.0 Å². The van der Waals surface area contributed by atoms with Crippen LogP contribution in [0.15, 0.2) is 0 Å². The van der Waals surface area contributed by atoms with Crippen molar-refractivity contribution in [3.05, 3.63) is 0 Å². The summed E-state index contributed by atoms with van der Waals surface area (Å²) in [6, 6.07) is 0. The van der Waals surface area contributed by atoms with E-state index in [0.717, 1.165) is 0 Å². The smallest absolute Gasteiger partial charge is 0.0786 e. The first-order valence-corrected chi connectivity index (χ1v) is 9.64. The number of hydrogen-bond acceptors (Lipinski definition) is 3. The molecule has 130 valence electrons. The number of quaternary nitrogens is 1. The van der Waals surface area contributed by atoms with E-state index in [1.807, 2.05) is 0 Å². The van der Waals surface area contributed by atoms with Crippen molar-refractivity contribution in [3.63, 3.8) is 0 Å². The average Bonchev–Trinajstić information content (AvgIpc) is 2.45. The fourth-order valence-electron chi connectivity index (χ4n) is 2.64. The van der Waals surface area contributed by atoms with Gasteiger partial charge in [0.15, 0.2) is 0 Å². The van der Waals surface area contributed by atoms with Gasteiger partial charge in [0.1, 0.15) is 0 Å². The average molecular weight is 324 g/mol. The van der Waals surface area contributed by atoms with Crippen LogP contribution in [0.4, 0.5) is 0 Å². The first kappa shape index (κ1) is 23.1. The molecular formula is C16H37NO3S. The third-order valence-electron chi connectivity index (χ3n) is 3.94. The molecule has 0 atom stereocenters. The molecule has 0 unspecified atom stereocenters. The minimum Gasteiger partial charge on any atom is -0.439 e. The normalized spacial score (nSPS) is 11.3. The molecule has 0 aliphatic rings. The lowest BCUT2D eigenvalue weighted by atomic mass is 10.1. The van der Waals surface area contributed by atoms with Crippen LogP contribution in [0.5, 0.6) is 0 Å². The van der Waals surface area contributed by atoms with E-state index in [9.17, 15) is 0 Å². The maximum absolute atomic E-state index is 8.56. The molecule has 0 aromatic rings. The summed E-state index contributed by atoms with van der Waals surface area (Å²) in [6.07, 6.45) is 11.1. The Morgan fingerprint density at radius 1 is 0.667 bits per heavy atom. The molecule has 0 bridgehead atoms. The Morgan fingerprint density at radius 3 is 1.00 bits per heavy atom. The van der Waals surface area contributed by atoms with Gasteiger partial charge in [0, 0.05) is 11.0 Å². The monoisotopic (exact) mass is 323 g/mol. The maximum Gasteiger partial charge on any atom is 0.0786 e. The van der Waals surface area contributed by atoms with Gasteiger partial charge in [-0.2, -0.15) is 0 Å². The molecule has 0 aliphatic carbocycles. The van der Waals surface area contributed by atoms with Gasteiger partial charge >= 0.3 is 0 Å². The summed E-state index contributed by atoms with van der Waals surface area (Å²) in [6.45, 7) is 15.0. The van der Waals surface area contributed by atoms with Crippen LogP contribution in [0.2, 0.25) is 0 Å². The van der Waals surface area contributed by atoms with Crippen LogP contribution >= 0.6 is 0 Å². The van der Waals surface area contributed by atoms with Crippen LogP contribution in [0.3, 0.4) is 0 Å². The van der Waals surface area contributed by atoms with Crippen molar-refractivity contribution >= 4 is 11.0 Å². The van der Waals surface area contributed by atoms with Gasteiger partial charge in [-0.1, -0.05) is 53.4 Å². The third-order valence-corrected chi connectivity index (χ3v) is 3.94. The molecule has 0 saturated heterocycles. The Balaban J connectivity index is 0. The lowest BCUT2D eigenvalue weighted by Crippen LogP contribution is -2.50. The first-order chi connectivity index (χ1) is 9.97. The zero-order chi connectivity index (χ0) is 16.6. The van der Waals surface area contributed by atoms with E-state index >= 15 is 0 Å². The molecule has 0 rings (SSSR count). The van der Waals surface area contributed by atoms with Crippen molar-refractivity contribution in [1.82, 2.24) is 0 Å². The van der Waals surface area contributed by atoms with Crippen LogP contribution < -0.4 is 0 Å². The number of hydrogen-bond donors (Lipinski definition) is 1. The van der Waals surface area contributed by atoms with Gasteiger partial charge in [-0.15, -0.1) is 0 Å². The predicted molar refractivity (Wildman–Crippen MR) is 90.7 cm³/mol. The summed E-state index contributed by atoms with van der Waals surface area (Å²) in [7, 11) is -2.86. The topological polar surface area (TPSA) is 54.4 Å². The second-order valence-corrected chi connectivity index (χ2v) is 6.30. The molecule has 4 nitrogen and oxygen atoms in total. The summed E-state index contributed by atoms with van der Waals surface area (Å²) < 4.78 is 25.5. The van der Waals surface area contributed by atoms with Gasteiger partial charge in [-0.25, -0.2) is 0 Å². The lowest BCUT2D eigenvalue weighted by molar-refractivity contribution is -0.929. The maximum atomic E-state index is 8.56. The molecule has 0 spiro atoms. The van der Waals surface area contributed by atoms with Gasteiger partial charge in [0.2, 0.25) is 0 Å². The Bertz CT molecular complexity index is 235. The van der Waals surface area contributed by atoms with Crippen LogP contribution in [0.25, 0.3) is 0 Å². The van der Waals surface area contributed by atoms with Crippen LogP contribution in [0.1, 0.15) is 79.1 Å². The minimum absolute atomic E-state index is 1.35. The van der Waals surface area contributed by atoms with Crippen molar-refractivity contribution < 1.29 is 17.5 Å². The van der Waals surface area contributed by atoms with Gasteiger partial charge in [0.05, 0.1) is 26.2 Å². The number of unbranched alkanes of at least 4 members (excludes halogenated alkanes) is 4. The highest BCUT2D eigenvalue weighted by molar-refractivity contribution is 7.65. The Morgan fingerprint density at radius 2 is 0.857 bits per heavy atom. The van der Waals surface area contributed by atoms with Gasteiger partial charge in [-0.3, -0.25) is 0 Å². The highest BCUT2D eigenvalue weighted by Crippen LogP contribution is 2.16. The summed E-state index contributed by atoms with van der Waals surface area (Å²) in [5.74, 6) is 0. The molecule has 1 N–H and O–H groups in total. The quantitative estimate of drug-likeness (QED) is 0.243. The number of nitrogens with zero attached hydrogens (tertiary/aromatic N) is 1. The molecule has 0 radical (unpaired) electrons. The molecule has 0 saturated carbocycles. The van der Waals surface area contributed by atoms with E-state index in [1.54, 1.807) is 0 Å². The summed E-state index contributed by atoms with van der Waals surface area (Å²) in [4.78, 5) is 0. The van der Waals surface area contributed by atoms with Gasteiger partial charge in [0.25, 0.3) is 0 Å². The van der Waals surface area contributed by atoms with E-state index in [-0.39, 0.29) is 0 Å². The van der Waals surface area contributed by atoms with Gasteiger partial charge in [-0.05, 0) is 25.7 Å². The van der Waals surface area contributed by atoms with Crippen LogP contribution in [0, 0.1) is 0 Å². The van der Waals surface area contributed by atoms with Crippen molar-refractivity contribution in [1.29, 1.82) is 0 Å². The van der Waals surface area contributed by atoms with Crippen molar-refractivity contribution in [2.75, 3.05) is 26.2 Å². The molecule has 21 heavy (non-hydrogen) atoms. The SMILES string of the molecule is CCCC[N+](CCCC)(CCCC)CCCC.O=[S-](=O)O. The second-order valence-electron chi connectivity index (χ2n) is 5.87. The number of rotatable bonds is 12. The largest absolute Gasteiger partial charge is 0.439 e. The molecule has 0 aromatic heterocycles. The zero-order valence-corrected chi connectivity index (χ0v) is 15.4. The highest BCUT2D eigenvalue weighted by atomic mass is 32.2. The highest BCUT2D eigenvalue weighted by Gasteiger charge is 2.24.